The Morgan fingerprint density at radius 2 is 2.04 bits per heavy atom. The maximum atomic E-state index is 6.27. The molecule has 4 nitrogen and oxygen atoms in total. The molecule has 2 aliphatic heterocycles. The fourth-order valence-corrected chi connectivity index (χ4v) is 3.86. The second kappa shape index (κ2) is 8.02. The average molecular weight is 329 g/mol. The molecule has 2 N–H and O–H groups in total. The Kier molecular flexibility index (Phi) is 5.77. The maximum Gasteiger partial charge on any atom is 0.191 e. The van der Waals surface area contributed by atoms with Gasteiger partial charge < -0.3 is 15.4 Å². The second-order valence-electron chi connectivity index (χ2n) is 7.50. The number of nitrogens with two attached hydrogens (primary N) is 1. The number of rotatable bonds is 3. The lowest BCUT2D eigenvalue weighted by atomic mass is 9.89. The van der Waals surface area contributed by atoms with E-state index in [0.717, 1.165) is 45.0 Å². The first-order valence-corrected chi connectivity index (χ1v) is 9.36. The van der Waals surface area contributed by atoms with Crippen LogP contribution in [-0.4, -0.2) is 37.1 Å². The van der Waals surface area contributed by atoms with Crippen LogP contribution in [-0.2, 0) is 4.74 Å². The fourth-order valence-electron chi connectivity index (χ4n) is 3.86. The molecule has 132 valence electrons. The van der Waals surface area contributed by atoms with Gasteiger partial charge in [-0.2, -0.15) is 0 Å². The molecule has 3 unspecified atom stereocenters. The molecule has 0 aliphatic carbocycles. The second-order valence-corrected chi connectivity index (χ2v) is 7.50. The molecule has 3 atom stereocenters. The Bertz CT molecular complexity index is 555. The molecular formula is C20H31N3O. The first-order valence-electron chi connectivity index (χ1n) is 9.36. The number of guanidine groups is 1. The third kappa shape index (κ3) is 4.29. The molecular weight excluding hydrogens is 298 g/mol. The zero-order chi connectivity index (χ0) is 16.9. The van der Waals surface area contributed by atoms with Gasteiger partial charge in [0.15, 0.2) is 5.96 Å². The SMILES string of the molecule is Cc1ccc(C2OCCCC2CN=C(N)N2CCCC(C)C2)cc1. The van der Waals surface area contributed by atoms with Crippen molar-refractivity contribution in [1.82, 2.24) is 4.90 Å². The van der Waals surface area contributed by atoms with Crippen LogP contribution in [0.1, 0.15) is 49.8 Å². The predicted octanol–water partition coefficient (Wildman–Crippen LogP) is 3.51. The van der Waals surface area contributed by atoms with Crippen LogP contribution >= 0.6 is 0 Å². The Morgan fingerprint density at radius 3 is 2.79 bits per heavy atom. The van der Waals surface area contributed by atoms with Crippen LogP contribution in [0.2, 0.25) is 0 Å². The quantitative estimate of drug-likeness (QED) is 0.682. The lowest BCUT2D eigenvalue weighted by Gasteiger charge is -2.33. The van der Waals surface area contributed by atoms with Crippen LogP contribution in [0.5, 0.6) is 0 Å². The number of aliphatic imine (C=N–C) groups is 1. The van der Waals surface area contributed by atoms with Crippen molar-refractivity contribution in [1.29, 1.82) is 0 Å². The molecule has 2 saturated heterocycles. The summed E-state index contributed by atoms with van der Waals surface area (Å²) in [6, 6.07) is 8.71. The molecule has 2 aliphatic rings. The van der Waals surface area contributed by atoms with E-state index in [1.54, 1.807) is 0 Å². The molecule has 0 aromatic heterocycles. The normalized spacial score (nSPS) is 28.8. The van der Waals surface area contributed by atoms with Crippen molar-refractivity contribution >= 4 is 5.96 Å². The summed E-state index contributed by atoms with van der Waals surface area (Å²) in [5.74, 6) is 1.85. The van der Waals surface area contributed by atoms with E-state index in [1.807, 2.05) is 0 Å². The van der Waals surface area contributed by atoms with Crippen molar-refractivity contribution in [2.45, 2.75) is 45.6 Å². The van der Waals surface area contributed by atoms with Gasteiger partial charge in [-0.3, -0.25) is 4.99 Å². The summed E-state index contributed by atoms with van der Waals surface area (Å²) < 4.78 is 6.09. The number of nitrogens with zero attached hydrogens (tertiary/aromatic N) is 2. The summed E-state index contributed by atoms with van der Waals surface area (Å²) in [6.45, 7) is 8.10. The zero-order valence-corrected chi connectivity index (χ0v) is 15.1. The number of likely N-dealkylation sites (tertiary alicyclic amines) is 1. The number of hydrogen-bond donors (Lipinski definition) is 1. The highest BCUT2D eigenvalue weighted by molar-refractivity contribution is 5.78. The zero-order valence-electron chi connectivity index (χ0n) is 15.1. The van der Waals surface area contributed by atoms with Gasteiger partial charge in [0.25, 0.3) is 0 Å². The van der Waals surface area contributed by atoms with Crippen molar-refractivity contribution in [2.24, 2.45) is 22.6 Å². The summed E-state index contributed by atoms with van der Waals surface area (Å²) in [6.07, 6.45) is 4.94. The van der Waals surface area contributed by atoms with Crippen molar-refractivity contribution in [3.8, 4) is 0 Å². The lowest BCUT2D eigenvalue weighted by molar-refractivity contribution is -0.0250. The monoisotopic (exact) mass is 329 g/mol. The minimum Gasteiger partial charge on any atom is -0.373 e. The first-order chi connectivity index (χ1) is 11.6. The van der Waals surface area contributed by atoms with E-state index in [9.17, 15) is 0 Å². The van der Waals surface area contributed by atoms with Crippen molar-refractivity contribution < 1.29 is 4.74 Å². The topological polar surface area (TPSA) is 50.9 Å². The summed E-state index contributed by atoms with van der Waals surface area (Å²) in [7, 11) is 0. The number of hydrogen-bond acceptors (Lipinski definition) is 2. The van der Waals surface area contributed by atoms with Crippen LogP contribution in [0.25, 0.3) is 0 Å². The highest BCUT2D eigenvalue weighted by Crippen LogP contribution is 2.34. The molecule has 0 saturated carbocycles. The van der Waals surface area contributed by atoms with Gasteiger partial charge >= 0.3 is 0 Å². The van der Waals surface area contributed by atoms with E-state index in [2.05, 4.69) is 43.0 Å². The van der Waals surface area contributed by atoms with Crippen LogP contribution in [0, 0.1) is 18.8 Å². The Morgan fingerprint density at radius 1 is 1.25 bits per heavy atom. The van der Waals surface area contributed by atoms with Gasteiger partial charge in [0.1, 0.15) is 0 Å². The van der Waals surface area contributed by atoms with Gasteiger partial charge in [-0.15, -0.1) is 0 Å². The molecule has 3 rings (SSSR count). The van der Waals surface area contributed by atoms with Gasteiger partial charge in [0, 0.05) is 32.2 Å². The molecule has 4 heteroatoms. The van der Waals surface area contributed by atoms with Crippen molar-refractivity contribution in [3.63, 3.8) is 0 Å². The highest BCUT2D eigenvalue weighted by Gasteiger charge is 2.27. The van der Waals surface area contributed by atoms with Crippen LogP contribution < -0.4 is 5.73 Å². The highest BCUT2D eigenvalue weighted by atomic mass is 16.5. The smallest absolute Gasteiger partial charge is 0.191 e. The van der Waals surface area contributed by atoms with Crippen molar-refractivity contribution in [3.05, 3.63) is 35.4 Å². The van der Waals surface area contributed by atoms with Gasteiger partial charge in [-0.25, -0.2) is 0 Å². The van der Waals surface area contributed by atoms with Crippen LogP contribution in [0.4, 0.5) is 0 Å². The van der Waals surface area contributed by atoms with Gasteiger partial charge in [0.05, 0.1) is 6.10 Å². The summed E-state index contributed by atoms with van der Waals surface area (Å²) >= 11 is 0. The predicted molar refractivity (Wildman–Crippen MR) is 99.1 cm³/mol. The number of piperidine rings is 1. The summed E-state index contributed by atoms with van der Waals surface area (Å²) in [4.78, 5) is 6.99. The van der Waals surface area contributed by atoms with E-state index in [1.165, 1.54) is 24.0 Å². The standard InChI is InChI=1S/C20H31N3O/c1-15-7-9-17(10-8-15)19-18(6-4-12-24-19)13-22-20(21)23-11-3-5-16(2)14-23/h7-10,16,18-19H,3-6,11-14H2,1-2H3,(H2,21,22). The van der Waals surface area contributed by atoms with Crippen molar-refractivity contribution in [2.75, 3.05) is 26.2 Å². The average Bonchev–Trinajstić information content (AvgIpc) is 2.61. The number of ether oxygens (including phenoxy) is 1. The van der Waals surface area contributed by atoms with E-state index < -0.39 is 0 Å². The Hall–Kier alpha value is -1.55. The van der Waals surface area contributed by atoms with Crippen LogP contribution in [0.3, 0.4) is 0 Å². The summed E-state index contributed by atoms with van der Waals surface area (Å²) in [5.41, 5.74) is 8.82. The number of aryl methyl sites for hydroxylation is 1. The van der Waals surface area contributed by atoms with Gasteiger partial charge in [-0.1, -0.05) is 36.8 Å². The molecule has 1 aromatic carbocycles. The number of benzene rings is 1. The van der Waals surface area contributed by atoms with E-state index >= 15 is 0 Å². The first kappa shape index (κ1) is 17.3. The molecule has 1 aromatic rings. The largest absolute Gasteiger partial charge is 0.373 e. The van der Waals surface area contributed by atoms with Gasteiger partial charge in [-0.05, 0) is 44.1 Å². The molecule has 2 fully saturated rings. The molecule has 0 bridgehead atoms. The molecule has 2 heterocycles. The minimum atomic E-state index is 0.149. The van der Waals surface area contributed by atoms with Crippen LogP contribution in [0.15, 0.2) is 29.3 Å². The van der Waals surface area contributed by atoms with Gasteiger partial charge in [0.2, 0.25) is 0 Å². The van der Waals surface area contributed by atoms with E-state index in [-0.39, 0.29) is 6.10 Å². The third-order valence-electron chi connectivity index (χ3n) is 5.32. The third-order valence-corrected chi connectivity index (χ3v) is 5.32. The minimum absolute atomic E-state index is 0.149. The molecule has 0 amide bonds. The van der Waals surface area contributed by atoms with E-state index in [4.69, 9.17) is 15.5 Å². The Labute approximate surface area is 146 Å². The maximum absolute atomic E-state index is 6.27. The molecule has 0 radical (unpaired) electrons. The molecule has 0 spiro atoms. The Balaban J connectivity index is 1.65. The fraction of sp³-hybridized carbons (Fsp3) is 0.650. The lowest BCUT2D eigenvalue weighted by Crippen LogP contribution is -2.43. The van der Waals surface area contributed by atoms with E-state index in [0.29, 0.717) is 11.8 Å². The summed E-state index contributed by atoms with van der Waals surface area (Å²) in [5, 5.41) is 0. The molecule has 24 heavy (non-hydrogen) atoms.